The van der Waals surface area contributed by atoms with Gasteiger partial charge in [-0.15, -0.1) is 0 Å². The molecule has 2 N–H and O–H groups in total. The molecule has 0 saturated heterocycles. The van der Waals surface area contributed by atoms with Gasteiger partial charge in [0.1, 0.15) is 6.61 Å². The van der Waals surface area contributed by atoms with E-state index in [-0.39, 0.29) is 30.7 Å². The molecular formula is C19H15N3O5. The van der Waals surface area contributed by atoms with Crippen LogP contribution in [0.5, 0.6) is 5.75 Å². The van der Waals surface area contributed by atoms with Gasteiger partial charge < -0.3 is 15.2 Å². The summed E-state index contributed by atoms with van der Waals surface area (Å²) in [5.74, 6) is 4.65. The third-order valence-corrected chi connectivity index (χ3v) is 3.37. The summed E-state index contributed by atoms with van der Waals surface area (Å²) >= 11 is 0. The van der Waals surface area contributed by atoms with Crippen LogP contribution in [0.2, 0.25) is 0 Å². The summed E-state index contributed by atoms with van der Waals surface area (Å²) < 4.78 is 5.04. The molecule has 2 rings (SSSR count). The zero-order valence-corrected chi connectivity index (χ0v) is 14.1. The number of nitrogens with one attached hydrogen (secondary N) is 1. The molecule has 0 heterocycles. The Morgan fingerprint density at radius 3 is 2.70 bits per heavy atom. The van der Waals surface area contributed by atoms with Crippen molar-refractivity contribution in [3.8, 4) is 23.7 Å². The van der Waals surface area contributed by atoms with Crippen LogP contribution >= 0.6 is 0 Å². The largest absolute Gasteiger partial charge is 0.501 e. The number of hydrogen-bond donors (Lipinski definition) is 2. The van der Waals surface area contributed by atoms with Crippen LogP contribution in [0.15, 0.2) is 42.5 Å². The quantitative estimate of drug-likeness (QED) is 0.363. The van der Waals surface area contributed by atoms with Crippen LogP contribution in [0, 0.1) is 33.3 Å². The van der Waals surface area contributed by atoms with Gasteiger partial charge in [0.15, 0.2) is 0 Å². The van der Waals surface area contributed by atoms with Crippen LogP contribution in [-0.2, 0) is 11.3 Å². The summed E-state index contributed by atoms with van der Waals surface area (Å²) in [6, 6.07) is 13.2. The molecule has 2 aromatic carbocycles. The van der Waals surface area contributed by atoms with Gasteiger partial charge in [-0.3, -0.25) is 10.1 Å². The molecule has 0 bridgehead atoms. The fraction of sp³-hybridized carbons (Fsp3) is 0.158. The molecule has 0 atom stereocenters. The van der Waals surface area contributed by atoms with Crippen molar-refractivity contribution in [1.82, 2.24) is 5.32 Å². The van der Waals surface area contributed by atoms with Gasteiger partial charge in [-0.2, -0.15) is 5.26 Å². The van der Waals surface area contributed by atoms with Gasteiger partial charge in [0.2, 0.25) is 5.75 Å². The molecule has 2 aromatic rings. The van der Waals surface area contributed by atoms with E-state index in [1.54, 1.807) is 6.07 Å². The van der Waals surface area contributed by atoms with Crippen LogP contribution in [0.4, 0.5) is 10.5 Å². The lowest BCUT2D eigenvalue weighted by atomic mass is 10.1. The summed E-state index contributed by atoms with van der Waals surface area (Å²) in [7, 11) is 0. The van der Waals surface area contributed by atoms with Crippen LogP contribution < -0.4 is 5.32 Å². The van der Waals surface area contributed by atoms with Crippen molar-refractivity contribution in [3.63, 3.8) is 0 Å². The van der Waals surface area contributed by atoms with Crippen molar-refractivity contribution in [2.75, 3.05) is 6.54 Å². The van der Waals surface area contributed by atoms with Crippen molar-refractivity contribution < 1.29 is 19.6 Å². The van der Waals surface area contributed by atoms with Gasteiger partial charge in [-0.1, -0.05) is 42.2 Å². The van der Waals surface area contributed by atoms with Gasteiger partial charge in [0.05, 0.1) is 22.1 Å². The van der Waals surface area contributed by atoms with Crippen molar-refractivity contribution in [3.05, 3.63) is 69.3 Å². The first kappa shape index (κ1) is 19.3. The van der Waals surface area contributed by atoms with Crippen molar-refractivity contribution >= 4 is 11.8 Å². The Morgan fingerprint density at radius 1 is 1.30 bits per heavy atom. The highest BCUT2D eigenvalue weighted by Gasteiger charge is 2.18. The summed E-state index contributed by atoms with van der Waals surface area (Å²) in [6.07, 6.45) is -0.365. The van der Waals surface area contributed by atoms with Gasteiger partial charge in [-0.25, -0.2) is 4.79 Å². The number of amides is 1. The molecule has 0 saturated carbocycles. The monoisotopic (exact) mass is 365 g/mol. The second-order valence-electron chi connectivity index (χ2n) is 5.30. The molecule has 8 nitrogen and oxygen atoms in total. The zero-order valence-electron chi connectivity index (χ0n) is 14.1. The highest BCUT2D eigenvalue weighted by Crippen LogP contribution is 2.30. The third kappa shape index (κ3) is 5.76. The van der Waals surface area contributed by atoms with Gasteiger partial charge >= 0.3 is 11.8 Å². The zero-order chi connectivity index (χ0) is 19.6. The SMILES string of the molecule is N#Cc1cc(C#CCCNC(=O)OCc2ccccc2)c(O)c([N+](=O)[O-])c1. The molecule has 0 unspecified atom stereocenters. The molecule has 0 radical (unpaired) electrons. The van der Waals surface area contributed by atoms with Crippen LogP contribution in [-0.4, -0.2) is 22.7 Å². The molecule has 8 heteroatoms. The molecular weight excluding hydrogens is 350 g/mol. The first-order chi connectivity index (χ1) is 13.0. The topological polar surface area (TPSA) is 125 Å². The fourth-order valence-corrected chi connectivity index (χ4v) is 2.08. The van der Waals surface area contributed by atoms with Crippen molar-refractivity contribution in [1.29, 1.82) is 5.26 Å². The Morgan fingerprint density at radius 2 is 2.04 bits per heavy atom. The van der Waals surface area contributed by atoms with E-state index >= 15 is 0 Å². The van der Waals surface area contributed by atoms with Crippen molar-refractivity contribution in [2.24, 2.45) is 0 Å². The predicted octanol–water partition coefficient (Wildman–Crippen LogP) is 2.84. The van der Waals surface area contributed by atoms with Crippen molar-refractivity contribution in [2.45, 2.75) is 13.0 Å². The van der Waals surface area contributed by atoms with E-state index in [2.05, 4.69) is 17.2 Å². The number of rotatable bonds is 5. The lowest BCUT2D eigenvalue weighted by Gasteiger charge is -2.05. The number of nitrogens with zero attached hydrogens (tertiary/aromatic N) is 2. The average molecular weight is 365 g/mol. The normalized spacial score (nSPS) is 9.44. The number of nitro benzene ring substituents is 1. The average Bonchev–Trinajstić information content (AvgIpc) is 2.67. The minimum atomic E-state index is -0.786. The van der Waals surface area contributed by atoms with Crippen LogP contribution in [0.25, 0.3) is 0 Å². The van der Waals surface area contributed by atoms with E-state index in [0.717, 1.165) is 11.6 Å². The van der Waals surface area contributed by atoms with E-state index < -0.39 is 22.5 Å². The minimum absolute atomic E-state index is 0.0198. The molecule has 0 aliphatic heterocycles. The van der Waals surface area contributed by atoms with E-state index in [1.807, 2.05) is 30.3 Å². The number of carbonyl (C=O) groups excluding carboxylic acids is 1. The standard InChI is InChI=1S/C19H15N3O5/c20-12-15-10-16(18(23)17(11-15)22(25)26)8-4-5-9-21-19(24)27-13-14-6-2-1-3-7-14/h1-3,6-7,10-11,23H,5,9,13H2,(H,21,24). The number of hydrogen-bond acceptors (Lipinski definition) is 6. The summed E-state index contributed by atoms with van der Waals surface area (Å²) in [5.41, 5.74) is 0.279. The first-order valence-corrected chi connectivity index (χ1v) is 7.86. The number of nitriles is 1. The Kier molecular flexibility index (Phi) is 6.75. The van der Waals surface area contributed by atoms with Crippen LogP contribution in [0.3, 0.4) is 0 Å². The van der Waals surface area contributed by atoms with E-state index in [9.17, 15) is 20.0 Å². The summed E-state index contributed by atoms with van der Waals surface area (Å²) in [5, 5.41) is 32.2. The Balaban J connectivity index is 1.87. The maximum atomic E-state index is 11.6. The molecule has 136 valence electrons. The lowest BCUT2D eigenvalue weighted by molar-refractivity contribution is -0.385. The van der Waals surface area contributed by atoms with Gasteiger partial charge in [0, 0.05) is 19.0 Å². The molecule has 0 aliphatic carbocycles. The molecule has 0 aromatic heterocycles. The van der Waals surface area contributed by atoms with Gasteiger partial charge in [0.25, 0.3) is 0 Å². The third-order valence-electron chi connectivity index (χ3n) is 3.37. The molecule has 0 aliphatic rings. The predicted molar refractivity (Wildman–Crippen MR) is 95.6 cm³/mol. The number of phenolic OH excluding ortho intramolecular Hbond substituents is 1. The lowest BCUT2D eigenvalue weighted by Crippen LogP contribution is -2.24. The van der Waals surface area contributed by atoms with E-state index in [4.69, 9.17) is 10.00 Å². The molecule has 1 amide bonds. The molecule has 27 heavy (non-hydrogen) atoms. The molecule has 0 fully saturated rings. The maximum Gasteiger partial charge on any atom is 0.407 e. The second kappa shape index (κ2) is 9.44. The molecule has 0 spiro atoms. The second-order valence-corrected chi connectivity index (χ2v) is 5.30. The van der Waals surface area contributed by atoms with Gasteiger partial charge in [-0.05, 0) is 11.6 Å². The highest BCUT2D eigenvalue weighted by atomic mass is 16.6. The smallest absolute Gasteiger partial charge is 0.407 e. The van der Waals surface area contributed by atoms with E-state index in [1.165, 1.54) is 6.07 Å². The number of carbonyl (C=O) groups is 1. The van der Waals surface area contributed by atoms with Crippen LogP contribution in [0.1, 0.15) is 23.1 Å². The number of phenols is 1. The fourth-order valence-electron chi connectivity index (χ4n) is 2.08. The number of ether oxygens (including phenoxy) is 1. The first-order valence-electron chi connectivity index (χ1n) is 7.86. The number of aromatic hydroxyl groups is 1. The summed E-state index contributed by atoms with van der Waals surface area (Å²) in [4.78, 5) is 21.7. The number of nitro groups is 1. The number of alkyl carbamates (subject to hydrolysis) is 1. The number of benzene rings is 2. The Hall–Kier alpha value is -4.04. The maximum absolute atomic E-state index is 11.6. The van der Waals surface area contributed by atoms with E-state index in [0.29, 0.717) is 0 Å². The summed E-state index contributed by atoms with van der Waals surface area (Å²) in [6.45, 7) is 0.345. The highest BCUT2D eigenvalue weighted by molar-refractivity contribution is 5.67. The Labute approximate surface area is 155 Å². The Bertz CT molecular complexity index is 940. The minimum Gasteiger partial charge on any atom is -0.501 e.